The van der Waals surface area contributed by atoms with Crippen molar-refractivity contribution in [3.8, 4) is 11.5 Å². The van der Waals surface area contributed by atoms with Gasteiger partial charge in [-0.25, -0.2) is 0 Å². The second-order valence-electron chi connectivity index (χ2n) is 17.0. The van der Waals surface area contributed by atoms with Gasteiger partial charge >= 0.3 is 13.2 Å². The predicted octanol–water partition coefficient (Wildman–Crippen LogP) is 13.8. The van der Waals surface area contributed by atoms with Crippen LogP contribution >= 0.6 is 0 Å². The quantitative estimate of drug-likeness (QED) is 0.104. The van der Waals surface area contributed by atoms with Gasteiger partial charge in [-0.3, -0.25) is 0 Å². The average molecular weight is 807 g/mol. The number of halogens is 4. The Balaban J connectivity index is 0.000000218. The smallest absolute Gasteiger partial charge is 0.387 e. The highest BCUT2D eigenvalue weighted by atomic mass is 19.3. The van der Waals surface area contributed by atoms with Gasteiger partial charge in [-0.15, -0.1) is 0 Å². The highest BCUT2D eigenvalue weighted by Crippen LogP contribution is 2.40. The van der Waals surface area contributed by atoms with Crippen LogP contribution in [0.15, 0.2) is 48.5 Å². The number of ether oxygens (including phenoxy) is 6. The first kappa shape index (κ1) is 45.7. The summed E-state index contributed by atoms with van der Waals surface area (Å²) >= 11 is 0. The normalized spacial score (nSPS) is 28.1. The van der Waals surface area contributed by atoms with Crippen molar-refractivity contribution in [2.75, 3.05) is 26.4 Å². The van der Waals surface area contributed by atoms with E-state index in [2.05, 4.69) is 23.3 Å². The third kappa shape index (κ3) is 15.9. The topological polar surface area (TPSA) is 55.4 Å². The molecule has 6 rings (SSSR count). The molecule has 2 aliphatic heterocycles. The van der Waals surface area contributed by atoms with Crippen molar-refractivity contribution in [2.24, 2.45) is 35.5 Å². The van der Waals surface area contributed by atoms with Crippen LogP contribution in [0.5, 0.6) is 11.5 Å². The van der Waals surface area contributed by atoms with Gasteiger partial charge in [0.15, 0.2) is 12.6 Å². The maximum absolute atomic E-state index is 12.3. The molecular formula is C47H70F4O6. The number of rotatable bonds is 19. The third-order valence-electron chi connectivity index (χ3n) is 12.9. The molecule has 2 saturated carbocycles. The van der Waals surface area contributed by atoms with Gasteiger partial charge in [0.25, 0.3) is 0 Å². The Bertz CT molecular complexity index is 1310. The first-order valence-electron chi connectivity index (χ1n) is 22.4. The van der Waals surface area contributed by atoms with E-state index in [0.717, 1.165) is 23.0 Å². The first-order chi connectivity index (χ1) is 27.8. The van der Waals surface area contributed by atoms with Gasteiger partial charge in [-0.1, -0.05) is 134 Å². The van der Waals surface area contributed by atoms with E-state index in [1.165, 1.54) is 146 Å². The van der Waals surface area contributed by atoms with Crippen LogP contribution in [0.4, 0.5) is 17.6 Å². The Morgan fingerprint density at radius 1 is 0.456 bits per heavy atom. The molecule has 57 heavy (non-hydrogen) atoms. The molecule has 2 aromatic carbocycles. The maximum Gasteiger partial charge on any atom is 0.387 e. The van der Waals surface area contributed by atoms with E-state index in [-0.39, 0.29) is 11.5 Å². The summed E-state index contributed by atoms with van der Waals surface area (Å²) in [4.78, 5) is 0. The summed E-state index contributed by atoms with van der Waals surface area (Å²) in [6, 6.07) is 13.0. The van der Waals surface area contributed by atoms with Crippen LogP contribution in [0, 0.1) is 35.5 Å². The summed E-state index contributed by atoms with van der Waals surface area (Å²) in [6.45, 7) is 1.78. The van der Waals surface area contributed by atoms with Crippen LogP contribution in [0.25, 0.3) is 0 Å². The van der Waals surface area contributed by atoms with Crippen LogP contribution in [0.1, 0.15) is 160 Å². The SMILES string of the molecule is CCCCCCC1CCC(C2COC(c3ccc(OC(F)F)cc3)OC2)CC1.CCCCCCCC1CCC(C2COC(c3ccc(OC(F)F)cc3)OC2)CC1. The van der Waals surface area contributed by atoms with Crippen molar-refractivity contribution in [1.29, 1.82) is 0 Å². The zero-order valence-corrected chi connectivity index (χ0v) is 34.6. The molecule has 0 bridgehead atoms. The molecule has 6 nitrogen and oxygen atoms in total. The Kier molecular flexibility index (Phi) is 20.3. The number of hydrogen-bond acceptors (Lipinski definition) is 6. The minimum Gasteiger partial charge on any atom is -0.435 e. The average Bonchev–Trinajstić information content (AvgIpc) is 3.23. The summed E-state index contributed by atoms with van der Waals surface area (Å²) in [5, 5.41) is 0. The van der Waals surface area contributed by atoms with Gasteiger partial charge in [-0.2, -0.15) is 17.6 Å². The zero-order valence-electron chi connectivity index (χ0n) is 34.6. The lowest BCUT2D eigenvalue weighted by molar-refractivity contribution is -0.215. The van der Waals surface area contributed by atoms with Crippen molar-refractivity contribution in [3.63, 3.8) is 0 Å². The minimum absolute atomic E-state index is 0.152. The highest BCUT2D eigenvalue weighted by Gasteiger charge is 2.34. The van der Waals surface area contributed by atoms with Crippen LogP contribution in [-0.2, 0) is 18.9 Å². The number of unbranched alkanes of at least 4 members (excludes halogenated alkanes) is 7. The first-order valence-corrected chi connectivity index (χ1v) is 22.4. The Labute approximate surface area is 340 Å². The van der Waals surface area contributed by atoms with Crippen molar-refractivity contribution >= 4 is 0 Å². The van der Waals surface area contributed by atoms with Gasteiger partial charge in [0.1, 0.15) is 11.5 Å². The predicted molar refractivity (Wildman–Crippen MR) is 215 cm³/mol. The number of alkyl halides is 4. The highest BCUT2D eigenvalue weighted by molar-refractivity contribution is 5.29. The molecule has 2 heterocycles. The molecule has 0 spiro atoms. The molecule has 0 amide bonds. The molecule has 0 radical (unpaired) electrons. The van der Waals surface area contributed by atoms with E-state index in [1.807, 2.05) is 0 Å². The molecule has 2 aromatic rings. The molecular weight excluding hydrogens is 737 g/mol. The van der Waals surface area contributed by atoms with E-state index < -0.39 is 25.8 Å². The largest absolute Gasteiger partial charge is 0.435 e. The third-order valence-corrected chi connectivity index (χ3v) is 12.9. The Morgan fingerprint density at radius 2 is 0.789 bits per heavy atom. The second-order valence-corrected chi connectivity index (χ2v) is 17.0. The minimum atomic E-state index is -2.81. The van der Waals surface area contributed by atoms with Crippen molar-refractivity contribution in [2.45, 2.75) is 162 Å². The van der Waals surface area contributed by atoms with Crippen LogP contribution in [-0.4, -0.2) is 39.7 Å². The van der Waals surface area contributed by atoms with Gasteiger partial charge < -0.3 is 28.4 Å². The monoisotopic (exact) mass is 807 g/mol. The Morgan fingerprint density at radius 3 is 1.12 bits per heavy atom. The number of hydrogen-bond donors (Lipinski definition) is 0. The van der Waals surface area contributed by atoms with Crippen LogP contribution < -0.4 is 9.47 Å². The molecule has 0 atom stereocenters. The molecule has 0 N–H and O–H groups in total. The second kappa shape index (κ2) is 25.3. The lowest BCUT2D eigenvalue weighted by atomic mass is 9.74. The lowest BCUT2D eigenvalue weighted by Gasteiger charge is -2.38. The summed E-state index contributed by atoms with van der Waals surface area (Å²) in [5.41, 5.74) is 1.69. The molecule has 322 valence electrons. The van der Waals surface area contributed by atoms with Crippen molar-refractivity contribution in [3.05, 3.63) is 59.7 Å². The van der Waals surface area contributed by atoms with Crippen LogP contribution in [0.3, 0.4) is 0 Å². The fourth-order valence-corrected chi connectivity index (χ4v) is 9.37. The summed E-state index contributed by atoms with van der Waals surface area (Å²) in [7, 11) is 0. The molecule has 0 unspecified atom stereocenters. The lowest BCUT2D eigenvalue weighted by Crippen LogP contribution is -2.34. The van der Waals surface area contributed by atoms with E-state index in [0.29, 0.717) is 50.1 Å². The molecule has 2 saturated heterocycles. The summed E-state index contributed by atoms with van der Waals surface area (Å²) in [5.74, 6) is 4.49. The molecule has 0 aromatic heterocycles. The molecule has 4 aliphatic rings. The maximum atomic E-state index is 12.3. The van der Waals surface area contributed by atoms with Gasteiger partial charge in [0, 0.05) is 23.0 Å². The van der Waals surface area contributed by atoms with Gasteiger partial charge in [0.05, 0.1) is 26.4 Å². The van der Waals surface area contributed by atoms with Crippen LogP contribution in [0.2, 0.25) is 0 Å². The standard InChI is InChI=1S/C24H36F2O3.C23H34F2O3/c1-2-3-4-5-6-7-18-8-10-19(11-9-18)21-16-27-23(28-17-21)20-12-14-22(15-13-20)29-24(25)26;1-2-3-4-5-6-17-7-9-18(10-8-17)20-15-26-22(27-16-20)19-11-13-21(14-12-19)28-23(24)25/h12-15,18-19,21,23-24H,2-11,16-17H2,1H3;11-14,17-18,20,22-23H,2-10,15-16H2,1H3. The van der Waals surface area contributed by atoms with E-state index in [1.54, 1.807) is 24.3 Å². The van der Waals surface area contributed by atoms with E-state index >= 15 is 0 Å². The molecule has 2 aliphatic carbocycles. The molecule has 4 fully saturated rings. The fraction of sp³-hybridized carbons (Fsp3) is 0.745. The van der Waals surface area contributed by atoms with Gasteiger partial charge in [0.2, 0.25) is 0 Å². The zero-order chi connectivity index (χ0) is 40.2. The van der Waals surface area contributed by atoms with Gasteiger partial charge in [-0.05, 0) is 73.6 Å². The van der Waals surface area contributed by atoms with Crippen molar-refractivity contribution < 1.29 is 46.0 Å². The summed E-state index contributed by atoms with van der Waals surface area (Å²) in [6.07, 6.45) is 24.9. The van der Waals surface area contributed by atoms with Crippen molar-refractivity contribution in [1.82, 2.24) is 0 Å². The van der Waals surface area contributed by atoms with E-state index in [9.17, 15) is 17.6 Å². The molecule has 10 heteroatoms. The number of benzene rings is 2. The summed E-state index contributed by atoms with van der Waals surface area (Å²) < 4.78 is 81.6. The fourth-order valence-electron chi connectivity index (χ4n) is 9.37. The van der Waals surface area contributed by atoms with E-state index in [4.69, 9.17) is 18.9 Å². The Hall–Kier alpha value is -2.40.